The van der Waals surface area contributed by atoms with E-state index in [1.54, 1.807) is 35.2 Å². The van der Waals surface area contributed by atoms with E-state index in [0.29, 0.717) is 0 Å². The van der Waals surface area contributed by atoms with E-state index in [1.165, 1.54) is 0 Å². The van der Waals surface area contributed by atoms with Crippen molar-refractivity contribution in [2.45, 2.75) is 38.6 Å². The maximum absolute atomic E-state index is 5.81. The number of hydrogen-bond acceptors (Lipinski definition) is 5. The summed E-state index contributed by atoms with van der Waals surface area (Å²) in [5.41, 5.74) is 4.83. The molecule has 0 heterocycles. The molecule has 2 N–H and O–H groups in total. The van der Waals surface area contributed by atoms with Crippen LogP contribution in [-0.4, -0.2) is 41.6 Å². The van der Waals surface area contributed by atoms with Gasteiger partial charge in [0.15, 0.2) is 0 Å². The third-order valence-electron chi connectivity index (χ3n) is 2.06. The van der Waals surface area contributed by atoms with Crippen molar-refractivity contribution in [2.24, 2.45) is 5.73 Å². The molecule has 0 aliphatic rings. The maximum Gasteiger partial charge on any atom is 0.530 e. The summed E-state index contributed by atoms with van der Waals surface area (Å²) >= 11 is 0. The molecule has 0 aliphatic carbocycles. The van der Waals surface area contributed by atoms with Gasteiger partial charge < -0.3 is 23.7 Å². The summed E-state index contributed by atoms with van der Waals surface area (Å²) in [6, 6.07) is 0. The first-order chi connectivity index (χ1) is 6.85. The predicted molar refractivity (Wildman–Crippen MR) is 60.2 cm³/mol. The zero-order valence-corrected chi connectivity index (χ0v) is 11.5. The molecule has 92 valence electrons. The Morgan fingerprint density at radius 3 is 1.73 bits per heavy atom. The van der Waals surface area contributed by atoms with Gasteiger partial charge in [0.05, 0.1) is 0 Å². The van der Waals surface area contributed by atoms with Crippen LogP contribution in [-0.2, 0) is 18.0 Å². The molecule has 1 unspecified atom stereocenters. The molecular weight excluding hydrogens is 214 g/mol. The van der Waals surface area contributed by atoms with Crippen LogP contribution < -0.4 is 5.73 Å². The Morgan fingerprint density at radius 1 is 1.13 bits per heavy atom. The number of rotatable bonds is 7. The molecule has 0 bridgehead atoms. The molecule has 0 aromatic heterocycles. The molecule has 0 rings (SSSR count). The molecule has 0 spiro atoms. The van der Waals surface area contributed by atoms with Gasteiger partial charge in [-0.2, -0.15) is 0 Å². The lowest BCUT2D eigenvalue weighted by Gasteiger charge is -2.35. The summed E-state index contributed by atoms with van der Waals surface area (Å²) in [5, 5.41) is 0. The summed E-state index contributed by atoms with van der Waals surface area (Å²) in [4.78, 5) is 0. The molecule has 5 nitrogen and oxygen atoms in total. The highest BCUT2D eigenvalue weighted by Crippen LogP contribution is 2.21. The Morgan fingerprint density at radius 2 is 1.53 bits per heavy atom. The van der Waals surface area contributed by atoms with Crippen LogP contribution in [0.1, 0.15) is 27.2 Å². The molecule has 0 aromatic carbocycles. The third kappa shape index (κ3) is 4.18. The minimum atomic E-state index is -2.76. The van der Waals surface area contributed by atoms with Crippen molar-refractivity contribution in [3.8, 4) is 0 Å². The van der Waals surface area contributed by atoms with Gasteiger partial charge in [-0.25, -0.2) is 0 Å². The third-order valence-corrected chi connectivity index (χ3v) is 5.09. The summed E-state index contributed by atoms with van der Waals surface area (Å²) in [5.74, 6) is 0. The van der Waals surface area contributed by atoms with E-state index >= 15 is 0 Å². The Bertz CT molecular complexity index is 171. The summed E-state index contributed by atoms with van der Waals surface area (Å²) in [6.45, 7) is 5.56. The van der Waals surface area contributed by atoms with E-state index in [2.05, 4.69) is 0 Å². The van der Waals surface area contributed by atoms with Crippen LogP contribution in [0.5, 0.6) is 0 Å². The van der Waals surface area contributed by atoms with Gasteiger partial charge in [0.2, 0.25) is 0 Å². The molecule has 0 saturated heterocycles. The number of nitrogens with two attached hydrogens (primary N) is 1. The molecule has 0 radical (unpaired) electrons. The van der Waals surface area contributed by atoms with Crippen molar-refractivity contribution in [2.75, 3.05) is 21.3 Å². The molecule has 1 atom stereocenters. The van der Waals surface area contributed by atoms with E-state index in [-0.39, 0.29) is 5.73 Å². The van der Waals surface area contributed by atoms with Gasteiger partial charge in [-0.15, -0.1) is 0 Å². The Kier molecular flexibility index (Phi) is 5.93. The molecule has 15 heavy (non-hydrogen) atoms. The van der Waals surface area contributed by atoms with Crippen molar-refractivity contribution in [1.82, 2.24) is 0 Å². The fourth-order valence-corrected chi connectivity index (χ4v) is 3.65. The SMILES string of the molecule is CCC(OC(C)(C)N)[Si](OC)(OC)OC. The average Bonchev–Trinajstić information content (AvgIpc) is 2.17. The highest BCUT2D eigenvalue weighted by Gasteiger charge is 2.49. The van der Waals surface area contributed by atoms with Crippen molar-refractivity contribution in [3.63, 3.8) is 0 Å². The van der Waals surface area contributed by atoms with Crippen LogP contribution in [0.3, 0.4) is 0 Å². The van der Waals surface area contributed by atoms with Gasteiger partial charge >= 0.3 is 8.80 Å². The summed E-state index contributed by atoms with van der Waals surface area (Å²) in [7, 11) is 1.93. The van der Waals surface area contributed by atoms with Gasteiger partial charge in [0, 0.05) is 21.3 Å². The summed E-state index contributed by atoms with van der Waals surface area (Å²) in [6.07, 6.45) is 0.725. The Hall–Kier alpha value is 0.0169. The lowest BCUT2D eigenvalue weighted by atomic mass is 10.3. The van der Waals surface area contributed by atoms with E-state index < -0.39 is 14.5 Å². The molecule has 0 fully saturated rings. The lowest BCUT2D eigenvalue weighted by Crippen LogP contribution is -2.58. The highest BCUT2D eigenvalue weighted by atomic mass is 28.4. The first-order valence-corrected chi connectivity index (χ1v) is 6.77. The highest BCUT2D eigenvalue weighted by molar-refractivity contribution is 6.62. The van der Waals surface area contributed by atoms with E-state index in [9.17, 15) is 0 Å². The largest absolute Gasteiger partial charge is 0.530 e. The topological polar surface area (TPSA) is 62.9 Å². The van der Waals surface area contributed by atoms with Gasteiger partial charge in [0.25, 0.3) is 0 Å². The van der Waals surface area contributed by atoms with Crippen LogP contribution in [0.15, 0.2) is 0 Å². The maximum atomic E-state index is 5.81. The van der Waals surface area contributed by atoms with Gasteiger partial charge in [-0.05, 0) is 20.3 Å². The average molecular weight is 237 g/mol. The quantitative estimate of drug-likeness (QED) is 0.526. The molecule has 0 saturated carbocycles. The van der Waals surface area contributed by atoms with Crippen LogP contribution in [0, 0.1) is 0 Å². The molecule has 0 aliphatic heterocycles. The molecular formula is C9H23NO4Si. The second kappa shape index (κ2) is 5.93. The minimum Gasteiger partial charge on any atom is -0.375 e. The van der Waals surface area contributed by atoms with Gasteiger partial charge in [0.1, 0.15) is 11.5 Å². The number of hydrogen-bond donors (Lipinski definition) is 1. The second-order valence-electron chi connectivity index (χ2n) is 3.83. The fraction of sp³-hybridized carbons (Fsp3) is 1.00. The minimum absolute atomic E-state index is 0.252. The number of ether oxygens (including phenoxy) is 1. The van der Waals surface area contributed by atoms with Gasteiger partial charge in [-0.3, -0.25) is 0 Å². The first-order valence-electron chi connectivity index (χ1n) is 4.97. The molecule has 6 heteroatoms. The normalized spacial score (nSPS) is 15.4. The summed E-state index contributed by atoms with van der Waals surface area (Å²) < 4.78 is 21.7. The fourth-order valence-electron chi connectivity index (χ4n) is 1.42. The van der Waals surface area contributed by atoms with E-state index in [4.69, 9.17) is 23.7 Å². The lowest BCUT2D eigenvalue weighted by molar-refractivity contribution is -0.0729. The van der Waals surface area contributed by atoms with Crippen molar-refractivity contribution < 1.29 is 18.0 Å². The van der Waals surface area contributed by atoms with Crippen molar-refractivity contribution >= 4 is 8.80 Å². The first kappa shape index (κ1) is 15.0. The van der Waals surface area contributed by atoms with Crippen LogP contribution in [0.2, 0.25) is 0 Å². The van der Waals surface area contributed by atoms with Crippen LogP contribution in [0.4, 0.5) is 0 Å². The second-order valence-corrected chi connectivity index (χ2v) is 6.91. The molecule has 0 amide bonds. The van der Waals surface area contributed by atoms with E-state index in [0.717, 1.165) is 6.42 Å². The predicted octanol–water partition coefficient (Wildman–Crippen LogP) is 0.894. The van der Waals surface area contributed by atoms with E-state index in [1.807, 2.05) is 6.92 Å². The molecule has 0 aromatic rings. The Labute approximate surface area is 93.2 Å². The smallest absolute Gasteiger partial charge is 0.375 e. The Balaban J connectivity index is 4.74. The van der Waals surface area contributed by atoms with Crippen molar-refractivity contribution in [1.29, 1.82) is 0 Å². The zero-order chi connectivity index (χ0) is 12.1. The zero-order valence-electron chi connectivity index (χ0n) is 10.5. The van der Waals surface area contributed by atoms with Crippen molar-refractivity contribution in [3.05, 3.63) is 0 Å². The van der Waals surface area contributed by atoms with Gasteiger partial charge in [-0.1, -0.05) is 6.92 Å². The monoisotopic (exact) mass is 237 g/mol. The van der Waals surface area contributed by atoms with Crippen LogP contribution >= 0.6 is 0 Å². The van der Waals surface area contributed by atoms with Crippen LogP contribution in [0.25, 0.3) is 0 Å². The standard InChI is InChI=1S/C9H23NO4Si/c1-7-8(14-9(2,3)10)15(11-4,12-5)13-6/h8H,7,10H2,1-6H3.